The molecule has 1 aliphatic rings. The maximum atomic E-state index is 12.5. The third-order valence-corrected chi connectivity index (χ3v) is 5.84. The lowest BCUT2D eigenvalue weighted by Crippen LogP contribution is -2.39. The van der Waals surface area contributed by atoms with E-state index in [9.17, 15) is 13.2 Å². The molecule has 1 aromatic carbocycles. The van der Waals surface area contributed by atoms with Crippen LogP contribution in [-0.4, -0.2) is 49.4 Å². The number of sulfonamides is 1. The Kier molecular flexibility index (Phi) is 6.80. The van der Waals surface area contributed by atoms with E-state index in [2.05, 4.69) is 19.1 Å². The van der Waals surface area contributed by atoms with E-state index < -0.39 is 10.0 Å². The van der Waals surface area contributed by atoms with Crippen LogP contribution in [0.15, 0.2) is 24.3 Å². The molecule has 0 saturated heterocycles. The Balaban J connectivity index is 1.89. The fraction of sp³-hybridized carbons (Fsp3) is 0.611. The lowest BCUT2D eigenvalue weighted by molar-refractivity contribution is -0.132. The van der Waals surface area contributed by atoms with E-state index in [1.807, 2.05) is 17.0 Å². The van der Waals surface area contributed by atoms with Crippen molar-refractivity contribution in [3.8, 4) is 0 Å². The van der Waals surface area contributed by atoms with Crippen LogP contribution in [-0.2, 0) is 27.8 Å². The summed E-state index contributed by atoms with van der Waals surface area (Å²) in [5.41, 5.74) is 2.50. The van der Waals surface area contributed by atoms with Crippen molar-refractivity contribution in [1.82, 2.24) is 9.21 Å². The quantitative estimate of drug-likeness (QED) is 0.675. The van der Waals surface area contributed by atoms with Crippen LogP contribution in [0, 0.1) is 0 Å². The number of carbonyl (C=O) groups excluding carboxylic acids is 1. The summed E-state index contributed by atoms with van der Waals surface area (Å²) < 4.78 is 25.2. The van der Waals surface area contributed by atoms with Gasteiger partial charge in [-0.2, -0.15) is 0 Å². The standard InChI is InChI=1S/C18H28N2O3S/c1-3-4-7-12-20(24(2,22)23)14-11-18(21)19-13-10-16-8-5-6-9-17(16)15-19/h5-6,8-9H,3-4,7,10-15H2,1-2H3. The topological polar surface area (TPSA) is 57.7 Å². The summed E-state index contributed by atoms with van der Waals surface area (Å²) >= 11 is 0. The molecule has 0 spiro atoms. The summed E-state index contributed by atoms with van der Waals surface area (Å²) in [5.74, 6) is 0.0358. The first-order valence-electron chi connectivity index (χ1n) is 8.71. The maximum Gasteiger partial charge on any atom is 0.224 e. The number of benzene rings is 1. The van der Waals surface area contributed by atoms with Crippen LogP contribution in [0.4, 0.5) is 0 Å². The largest absolute Gasteiger partial charge is 0.338 e. The highest BCUT2D eigenvalue weighted by Gasteiger charge is 2.22. The van der Waals surface area contributed by atoms with E-state index in [1.54, 1.807) is 0 Å². The highest BCUT2D eigenvalue weighted by Crippen LogP contribution is 2.19. The van der Waals surface area contributed by atoms with Gasteiger partial charge in [-0.25, -0.2) is 12.7 Å². The number of fused-ring (bicyclic) bond motifs is 1. The molecule has 0 atom stereocenters. The molecule has 1 amide bonds. The normalized spacial score (nSPS) is 14.7. The van der Waals surface area contributed by atoms with Gasteiger partial charge in [-0.05, 0) is 24.0 Å². The Morgan fingerprint density at radius 3 is 2.54 bits per heavy atom. The molecule has 1 aromatic rings. The molecule has 6 heteroatoms. The van der Waals surface area contributed by atoms with Crippen LogP contribution in [0.1, 0.15) is 43.7 Å². The van der Waals surface area contributed by atoms with Crippen molar-refractivity contribution < 1.29 is 13.2 Å². The number of amides is 1. The smallest absolute Gasteiger partial charge is 0.224 e. The molecule has 0 radical (unpaired) electrons. The Morgan fingerprint density at radius 1 is 1.17 bits per heavy atom. The zero-order chi connectivity index (χ0) is 17.6. The molecule has 0 aliphatic carbocycles. The molecule has 0 fully saturated rings. The van der Waals surface area contributed by atoms with Crippen LogP contribution in [0.3, 0.4) is 0 Å². The summed E-state index contributed by atoms with van der Waals surface area (Å²) in [7, 11) is -3.26. The molecular formula is C18H28N2O3S. The Morgan fingerprint density at radius 2 is 1.88 bits per heavy atom. The third-order valence-electron chi connectivity index (χ3n) is 4.54. The molecular weight excluding hydrogens is 324 g/mol. The predicted octanol–water partition coefficient (Wildman–Crippen LogP) is 2.41. The van der Waals surface area contributed by atoms with E-state index in [4.69, 9.17) is 0 Å². The van der Waals surface area contributed by atoms with Gasteiger partial charge in [0, 0.05) is 32.6 Å². The van der Waals surface area contributed by atoms with Crippen molar-refractivity contribution >= 4 is 15.9 Å². The Labute approximate surface area is 145 Å². The zero-order valence-electron chi connectivity index (χ0n) is 14.7. The Hall–Kier alpha value is -1.40. The van der Waals surface area contributed by atoms with E-state index >= 15 is 0 Å². The minimum atomic E-state index is -3.26. The van der Waals surface area contributed by atoms with E-state index in [0.717, 1.165) is 25.7 Å². The van der Waals surface area contributed by atoms with Gasteiger partial charge in [0.15, 0.2) is 0 Å². The monoisotopic (exact) mass is 352 g/mol. The number of carbonyl (C=O) groups is 1. The highest BCUT2D eigenvalue weighted by atomic mass is 32.2. The van der Waals surface area contributed by atoms with Gasteiger partial charge in [-0.1, -0.05) is 44.0 Å². The number of rotatable bonds is 8. The molecule has 0 bridgehead atoms. The van der Waals surface area contributed by atoms with E-state index in [1.165, 1.54) is 21.7 Å². The first-order chi connectivity index (χ1) is 11.4. The molecule has 134 valence electrons. The van der Waals surface area contributed by atoms with Crippen molar-refractivity contribution in [1.29, 1.82) is 0 Å². The van der Waals surface area contributed by atoms with Gasteiger partial charge in [-0.3, -0.25) is 4.79 Å². The number of hydrogen-bond acceptors (Lipinski definition) is 3. The molecule has 1 heterocycles. The van der Waals surface area contributed by atoms with Crippen molar-refractivity contribution in [2.75, 3.05) is 25.9 Å². The number of unbranched alkanes of at least 4 members (excludes halogenated alkanes) is 2. The van der Waals surface area contributed by atoms with Gasteiger partial charge in [0.05, 0.1) is 6.26 Å². The highest BCUT2D eigenvalue weighted by molar-refractivity contribution is 7.88. The second kappa shape index (κ2) is 8.62. The SMILES string of the molecule is CCCCCN(CCC(=O)N1CCc2ccccc2C1)S(C)(=O)=O. The zero-order valence-corrected chi connectivity index (χ0v) is 15.5. The van der Waals surface area contributed by atoms with Crippen LogP contribution < -0.4 is 0 Å². The average molecular weight is 353 g/mol. The fourth-order valence-corrected chi connectivity index (χ4v) is 3.95. The van der Waals surface area contributed by atoms with Crippen LogP contribution >= 0.6 is 0 Å². The third kappa shape index (κ3) is 5.31. The van der Waals surface area contributed by atoms with Crippen molar-refractivity contribution in [2.45, 2.75) is 45.6 Å². The van der Waals surface area contributed by atoms with Gasteiger partial charge >= 0.3 is 0 Å². The average Bonchev–Trinajstić information content (AvgIpc) is 2.56. The van der Waals surface area contributed by atoms with Crippen molar-refractivity contribution in [2.24, 2.45) is 0 Å². The number of nitrogens with zero attached hydrogens (tertiary/aromatic N) is 2. The first kappa shape index (κ1) is 18.9. The van der Waals surface area contributed by atoms with Crippen LogP contribution in [0.2, 0.25) is 0 Å². The molecule has 5 nitrogen and oxygen atoms in total. The summed E-state index contributed by atoms with van der Waals surface area (Å²) in [6.07, 6.45) is 5.23. The number of hydrogen-bond donors (Lipinski definition) is 0. The molecule has 1 aliphatic heterocycles. The summed E-state index contributed by atoms with van der Waals surface area (Å²) in [5, 5.41) is 0. The molecule has 0 unspecified atom stereocenters. The fourth-order valence-electron chi connectivity index (χ4n) is 3.07. The van der Waals surface area contributed by atoms with Crippen LogP contribution in [0.25, 0.3) is 0 Å². The molecule has 0 N–H and O–H groups in total. The molecule has 2 rings (SSSR count). The summed E-state index contributed by atoms with van der Waals surface area (Å²) in [6, 6.07) is 8.18. The lowest BCUT2D eigenvalue weighted by atomic mass is 10.00. The molecule has 24 heavy (non-hydrogen) atoms. The molecule has 0 aromatic heterocycles. The lowest BCUT2D eigenvalue weighted by Gasteiger charge is -2.29. The second-order valence-electron chi connectivity index (χ2n) is 6.45. The summed E-state index contributed by atoms with van der Waals surface area (Å²) in [6.45, 7) is 4.21. The van der Waals surface area contributed by atoms with Gasteiger partial charge in [0.2, 0.25) is 15.9 Å². The Bertz CT molecular complexity index is 658. The second-order valence-corrected chi connectivity index (χ2v) is 8.44. The van der Waals surface area contributed by atoms with Gasteiger partial charge in [0.1, 0.15) is 0 Å². The van der Waals surface area contributed by atoms with Crippen molar-refractivity contribution in [3.05, 3.63) is 35.4 Å². The first-order valence-corrected chi connectivity index (χ1v) is 10.6. The van der Waals surface area contributed by atoms with Crippen LogP contribution in [0.5, 0.6) is 0 Å². The van der Waals surface area contributed by atoms with E-state index in [0.29, 0.717) is 19.6 Å². The summed E-state index contributed by atoms with van der Waals surface area (Å²) in [4.78, 5) is 14.3. The van der Waals surface area contributed by atoms with Gasteiger partial charge < -0.3 is 4.90 Å². The minimum Gasteiger partial charge on any atom is -0.338 e. The maximum absolute atomic E-state index is 12.5. The van der Waals surface area contributed by atoms with Gasteiger partial charge in [-0.15, -0.1) is 0 Å². The van der Waals surface area contributed by atoms with Crippen molar-refractivity contribution in [3.63, 3.8) is 0 Å². The minimum absolute atomic E-state index is 0.0358. The predicted molar refractivity (Wildman–Crippen MR) is 96.1 cm³/mol. The molecule has 0 saturated carbocycles. The van der Waals surface area contributed by atoms with Gasteiger partial charge in [0.25, 0.3) is 0 Å². The van der Waals surface area contributed by atoms with E-state index in [-0.39, 0.29) is 18.9 Å².